The second-order valence-electron chi connectivity index (χ2n) is 15.6. The van der Waals surface area contributed by atoms with Crippen LogP contribution in [0.5, 0.6) is 0 Å². The van der Waals surface area contributed by atoms with E-state index in [1.807, 2.05) is 79.3 Å². The Balaban J connectivity index is 1.06. The number of benzene rings is 2. The van der Waals surface area contributed by atoms with Gasteiger partial charge in [-0.25, -0.2) is 9.48 Å². The third kappa shape index (κ3) is 5.33. The summed E-state index contributed by atoms with van der Waals surface area (Å²) >= 11 is 0. The molecule has 4 aliphatic carbocycles. The highest BCUT2D eigenvalue weighted by molar-refractivity contribution is 5.95. The van der Waals surface area contributed by atoms with Crippen molar-refractivity contribution in [2.45, 2.75) is 77.5 Å². The number of hydrogen-bond acceptors (Lipinski definition) is 7. The van der Waals surface area contributed by atoms with Crippen LogP contribution >= 0.6 is 0 Å². The van der Waals surface area contributed by atoms with E-state index in [2.05, 4.69) is 23.6 Å². The Morgan fingerprint density at radius 1 is 1.04 bits per heavy atom. The minimum atomic E-state index is -1.42. The maximum atomic E-state index is 14.0. The predicted octanol–water partition coefficient (Wildman–Crippen LogP) is 6.28. The third-order valence-electron chi connectivity index (χ3n) is 12.9. The van der Waals surface area contributed by atoms with Gasteiger partial charge in [-0.1, -0.05) is 55.8 Å². The van der Waals surface area contributed by atoms with Crippen molar-refractivity contribution in [1.82, 2.24) is 20.4 Å². The van der Waals surface area contributed by atoms with E-state index in [0.29, 0.717) is 31.5 Å². The van der Waals surface area contributed by atoms with E-state index in [1.165, 1.54) is 11.8 Å². The zero-order chi connectivity index (χ0) is 36.3. The SMILES string of the molecule is CCNC(=O)C1(OC(=O)c2ccco2)CCC2C3CCC4=Cc5c(cnn5-c5cccc(C(=O)NCc6ccccc6)c5)CC4(C)C3C(O)CC21C. The number of furan rings is 1. The minimum Gasteiger partial charge on any atom is -0.457 e. The number of amides is 2. The summed E-state index contributed by atoms with van der Waals surface area (Å²) in [5.41, 5.74) is 3.30. The van der Waals surface area contributed by atoms with Crippen molar-refractivity contribution in [3.05, 3.63) is 113 Å². The molecule has 0 aliphatic heterocycles. The molecule has 2 heterocycles. The Labute approximate surface area is 303 Å². The Morgan fingerprint density at radius 3 is 2.63 bits per heavy atom. The van der Waals surface area contributed by atoms with Crippen molar-refractivity contribution in [2.75, 3.05) is 6.54 Å². The molecule has 0 spiro atoms. The highest BCUT2D eigenvalue weighted by atomic mass is 16.6. The number of allylic oxidation sites excluding steroid dienone is 1. The average Bonchev–Trinajstić information content (AvgIpc) is 3.89. The second-order valence-corrected chi connectivity index (χ2v) is 15.6. The number of nitrogens with one attached hydrogen (secondary N) is 2. The van der Waals surface area contributed by atoms with Gasteiger partial charge < -0.3 is 24.9 Å². The zero-order valence-electron chi connectivity index (χ0n) is 29.9. The summed E-state index contributed by atoms with van der Waals surface area (Å²) in [4.78, 5) is 40.4. The number of likely N-dealkylation sites (N-methyl/N-ethyl adjacent to an activating group) is 1. The van der Waals surface area contributed by atoms with Crippen LogP contribution in [0.3, 0.4) is 0 Å². The molecule has 3 N–H and O–H groups in total. The molecule has 10 heteroatoms. The van der Waals surface area contributed by atoms with E-state index in [9.17, 15) is 19.5 Å². The number of aliphatic hydroxyl groups excluding tert-OH is 1. The lowest BCUT2D eigenvalue weighted by Gasteiger charge is -2.60. The van der Waals surface area contributed by atoms with Gasteiger partial charge in [0, 0.05) is 24.1 Å². The summed E-state index contributed by atoms with van der Waals surface area (Å²) in [5.74, 6) is -0.881. The van der Waals surface area contributed by atoms with Crippen LogP contribution in [0.2, 0.25) is 0 Å². The second kappa shape index (κ2) is 12.9. The topological polar surface area (TPSA) is 136 Å². The van der Waals surface area contributed by atoms with Crippen LogP contribution in [0.1, 0.15) is 90.6 Å². The molecule has 4 aromatic rings. The quantitative estimate of drug-likeness (QED) is 0.184. The van der Waals surface area contributed by atoms with Crippen molar-refractivity contribution in [3.63, 3.8) is 0 Å². The summed E-state index contributed by atoms with van der Waals surface area (Å²) in [6.45, 7) is 7.03. The Morgan fingerprint density at radius 2 is 1.87 bits per heavy atom. The molecular weight excluding hydrogens is 656 g/mol. The summed E-state index contributed by atoms with van der Waals surface area (Å²) in [7, 11) is 0. The van der Waals surface area contributed by atoms with Crippen LogP contribution in [-0.4, -0.2) is 50.9 Å². The smallest absolute Gasteiger partial charge is 0.375 e. The molecule has 2 aromatic heterocycles. The molecule has 0 saturated heterocycles. The number of carbonyl (C=O) groups is 3. The van der Waals surface area contributed by atoms with Crippen LogP contribution < -0.4 is 10.6 Å². The molecule has 8 rings (SSSR count). The van der Waals surface area contributed by atoms with Crippen molar-refractivity contribution in [2.24, 2.45) is 28.6 Å². The van der Waals surface area contributed by atoms with Gasteiger partial charge in [0.15, 0.2) is 5.60 Å². The predicted molar refractivity (Wildman–Crippen MR) is 194 cm³/mol. The first-order chi connectivity index (χ1) is 25.1. The van der Waals surface area contributed by atoms with E-state index in [1.54, 1.807) is 12.1 Å². The number of ether oxygens (including phenoxy) is 1. The van der Waals surface area contributed by atoms with Crippen LogP contribution in [0.25, 0.3) is 11.8 Å². The van der Waals surface area contributed by atoms with Gasteiger partial charge in [0.25, 0.3) is 11.8 Å². The van der Waals surface area contributed by atoms with Gasteiger partial charge in [-0.15, -0.1) is 0 Å². The molecule has 3 saturated carbocycles. The number of aliphatic hydroxyl groups is 1. The number of nitrogens with zero attached hydrogens (tertiary/aromatic N) is 2. The molecule has 3 fully saturated rings. The van der Waals surface area contributed by atoms with Gasteiger partial charge in [0.05, 0.1) is 29.9 Å². The molecule has 7 atom stereocenters. The minimum absolute atomic E-state index is 0.0375. The fraction of sp³-hybridized carbons (Fsp3) is 0.429. The number of carbonyl (C=O) groups excluding carboxylic acids is 3. The summed E-state index contributed by atoms with van der Waals surface area (Å²) in [5, 5.41) is 23.0. The maximum Gasteiger partial charge on any atom is 0.375 e. The van der Waals surface area contributed by atoms with Crippen LogP contribution in [0.15, 0.2) is 89.2 Å². The molecule has 4 aliphatic rings. The third-order valence-corrected chi connectivity index (χ3v) is 12.9. The van der Waals surface area contributed by atoms with E-state index in [4.69, 9.17) is 14.3 Å². The summed E-state index contributed by atoms with van der Waals surface area (Å²) < 4.78 is 13.5. The molecule has 2 amide bonds. The molecule has 10 nitrogen and oxygen atoms in total. The van der Waals surface area contributed by atoms with Gasteiger partial charge in [-0.05, 0) is 116 Å². The molecule has 7 unspecified atom stereocenters. The van der Waals surface area contributed by atoms with Gasteiger partial charge >= 0.3 is 5.97 Å². The molecular formula is C42H46N4O6. The maximum absolute atomic E-state index is 14.0. The van der Waals surface area contributed by atoms with Crippen LogP contribution in [0.4, 0.5) is 0 Å². The zero-order valence-corrected chi connectivity index (χ0v) is 29.9. The Hall–Kier alpha value is -4.96. The lowest BCUT2D eigenvalue weighted by molar-refractivity contribution is -0.182. The Kier molecular flexibility index (Phi) is 8.48. The summed E-state index contributed by atoms with van der Waals surface area (Å²) in [6.07, 6.45) is 8.77. The van der Waals surface area contributed by atoms with Gasteiger partial charge in [-0.3, -0.25) is 9.59 Å². The first kappa shape index (κ1) is 34.1. The van der Waals surface area contributed by atoms with E-state index >= 15 is 0 Å². The Bertz CT molecular complexity index is 2040. The monoisotopic (exact) mass is 702 g/mol. The normalized spacial score (nSPS) is 30.2. The first-order valence-electron chi connectivity index (χ1n) is 18.5. The number of fused-ring (bicyclic) bond motifs is 6. The highest BCUT2D eigenvalue weighted by Gasteiger charge is 2.71. The number of hydrogen-bond donors (Lipinski definition) is 3. The summed E-state index contributed by atoms with van der Waals surface area (Å²) in [6, 6.07) is 20.6. The fourth-order valence-corrected chi connectivity index (χ4v) is 10.5. The molecule has 0 radical (unpaired) electrons. The lowest BCUT2D eigenvalue weighted by atomic mass is 9.45. The van der Waals surface area contributed by atoms with Crippen LogP contribution in [-0.2, 0) is 22.5 Å². The largest absolute Gasteiger partial charge is 0.457 e. The van der Waals surface area contributed by atoms with Gasteiger partial charge in [0.2, 0.25) is 5.76 Å². The number of rotatable bonds is 8. The van der Waals surface area contributed by atoms with Crippen LogP contribution in [0, 0.1) is 28.6 Å². The first-order valence-corrected chi connectivity index (χ1v) is 18.5. The van der Waals surface area contributed by atoms with E-state index < -0.39 is 23.1 Å². The van der Waals surface area contributed by atoms with Gasteiger partial charge in [-0.2, -0.15) is 5.10 Å². The van der Waals surface area contributed by atoms with Crippen molar-refractivity contribution in [1.29, 1.82) is 0 Å². The number of aromatic nitrogens is 2. The van der Waals surface area contributed by atoms with Crippen molar-refractivity contribution < 1.29 is 28.6 Å². The lowest BCUT2D eigenvalue weighted by Crippen LogP contribution is -2.64. The van der Waals surface area contributed by atoms with E-state index in [-0.39, 0.29) is 40.7 Å². The van der Waals surface area contributed by atoms with Crippen molar-refractivity contribution in [3.8, 4) is 5.69 Å². The van der Waals surface area contributed by atoms with Crippen molar-refractivity contribution >= 4 is 23.9 Å². The molecule has 270 valence electrons. The molecule has 2 aromatic carbocycles. The van der Waals surface area contributed by atoms with E-state index in [0.717, 1.165) is 48.2 Å². The van der Waals surface area contributed by atoms with Gasteiger partial charge in [0.1, 0.15) is 0 Å². The number of esters is 1. The average molecular weight is 703 g/mol. The fourth-order valence-electron chi connectivity index (χ4n) is 10.5. The molecule has 0 bridgehead atoms. The highest BCUT2D eigenvalue weighted by Crippen LogP contribution is 2.68. The molecule has 52 heavy (non-hydrogen) atoms. The standard InChI is InChI=1S/C42H46N4O6/c1-4-43-39(50)42(52-38(49)35-14-9-19-51-35)18-17-32-31-16-15-29-21-33-28(22-40(29,2)36(31)34(47)23-41(32,42)3)25-45-46(33)30-13-8-12-27(20-30)37(48)44-24-26-10-6-5-7-11-26/h5-14,19-21,25,31-32,34,36,47H,4,15-18,22-24H2,1-3H3,(H,43,50)(H,44,48).